The van der Waals surface area contributed by atoms with Crippen LogP contribution in [0.4, 0.5) is 9.59 Å². The van der Waals surface area contributed by atoms with Crippen molar-refractivity contribution in [3.8, 4) is 0 Å². The van der Waals surface area contributed by atoms with Crippen molar-refractivity contribution in [2.75, 3.05) is 13.2 Å². The summed E-state index contributed by atoms with van der Waals surface area (Å²) in [7, 11) is 0. The molecule has 2 fully saturated rings. The van der Waals surface area contributed by atoms with Gasteiger partial charge in [-0.05, 0) is 51.9 Å². The number of fused-ring (bicyclic) bond motifs is 2. The topological polar surface area (TPSA) is 330 Å². The van der Waals surface area contributed by atoms with Crippen LogP contribution >= 0.6 is 0 Å². The van der Waals surface area contributed by atoms with Crippen LogP contribution in [0.3, 0.4) is 0 Å². The minimum atomic E-state index is -2.36. The summed E-state index contributed by atoms with van der Waals surface area (Å²) in [6, 6.07) is -2.59. The number of alkyl carbamates (subject to hydrolysis) is 1. The third-order valence-corrected chi connectivity index (χ3v) is 13.5. The maximum absolute atomic E-state index is 12.9. The van der Waals surface area contributed by atoms with Crippen LogP contribution in [0.15, 0.2) is 115 Å². The van der Waals surface area contributed by atoms with Gasteiger partial charge in [-0.15, -0.1) is 0 Å². The molecule has 0 aliphatic carbocycles. The van der Waals surface area contributed by atoms with Crippen molar-refractivity contribution in [2.45, 2.75) is 183 Å². The van der Waals surface area contributed by atoms with Crippen LogP contribution in [0, 0.1) is 17.8 Å². The lowest BCUT2D eigenvalue weighted by Crippen LogP contribution is -2.63. The Bertz CT molecular complexity index is 2100. The highest BCUT2D eigenvalue weighted by Crippen LogP contribution is 2.39. The summed E-state index contributed by atoms with van der Waals surface area (Å²) in [5.74, 6) is -4.58. The van der Waals surface area contributed by atoms with E-state index in [1.807, 2.05) is 25.2 Å². The fourth-order valence-electron chi connectivity index (χ4n) is 9.19. The Morgan fingerprint density at radius 2 is 1.34 bits per heavy atom. The van der Waals surface area contributed by atoms with Crippen LogP contribution in [0.2, 0.25) is 0 Å². The molecule has 2 saturated heterocycles. The zero-order valence-electron chi connectivity index (χ0n) is 44.4. The Morgan fingerprint density at radius 1 is 0.740 bits per heavy atom. The first-order valence-corrected chi connectivity index (χ1v) is 26.0. The molecule has 21 nitrogen and oxygen atoms in total. The molecule has 3 aliphatic rings. The zero-order valence-corrected chi connectivity index (χ0v) is 44.4. The first-order valence-electron chi connectivity index (χ1n) is 26.0. The second kappa shape index (κ2) is 34.5. The Hall–Kier alpha value is -5.39. The number of nitrogens with zero attached hydrogens (tertiary/aromatic N) is 1. The van der Waals surface area contributed by atoms with Gasteiger partial charge in [0.25, 0.3) is 0 Å². The molecule has 0 aromatic carbocycles. The minimum absolute atomic E-state index is 0.0350. The average Bonchev–Trinajstić information content (AvgIpc) is 3.37. The molecule has 19 atom stereocenters. The minimum Gasteiger partial charge on any atom is -0.462 e. The highest BCUT2D eigenvalue weighted by molar-refractivity contribution is 5.70. The van der Waals surface area contributed by atoms with Crippen molar-refractivity contribution >= 4 is 24.3 Å². The SMILES string of the molecule is C=CCOC(=O)N[C@@H]1[C@H](O)[C@H](C[C@H]2/C=C/C=C/C=C/C=C/C=C/C=C/C=C/[C@H](C)[C@@H](O)[C@@H](C)[C@H](C)OC(=O)C[C@H](O)C[C@H](O)CC[C@@H](O)[C@H](O)C[C@H](O)C[C@]3(O)C[C@H](OC(=O)OCC=C)[C@@H](N=C=O)[C@H](C2)O3)O[C@H](C)[C@H]1O. The zero-order chi connectivity index (χ0) is 57.1. The van der Waals surface area contributed by atoms with Gasteiger partial charge in [0.2, 0.25) is 6.08 Å². The number of hydrogen-bond acceptors (Lipinski definition) is 20. The average molecular weight is 1090 g/mol. The van der Waals surface area contributed by atoms with Crippen molar-refractivity contribution in [3.63, 3.8) is 0 Å². The molecule has 430 valence electrons. The van der Waals surface area contributed by atoms with Gasteiger partial charge in [-0.1, -0.05) is 124 Å². The van der Waals surface area contributed by atoms with Gasteiger partial charge >= 0.3 is 18.2 Å². The summed E-state index contributed by atoms with van der Waals surface area (Å²) < 4.78 is 33.5. The third kappa shape index (κ3) is 23.6. The van der Waals surface area contributed by atoms with Gasteiger partial charge in [-0.3, -0.25) is 4.79 Å². The number of carbonyl (C=O) groups is 3. The molecule has 0 spiro atoms. The highest BCUT2D eigenvalue weighted by atomic mass is 16.7. The maximum atomic E-state index is 12.9. The number of esters is 1. The van der Waals surface area contributed by atoms with Crippen molar-refractivity contribution < 1.29 is 93.6 Å². The van der Waals surface area contributed by atoms with E-state index in [4.69, 9.17) is 28.4 Å². The van der Waals surface area contributed by atoms with E-state index in [2.05, 4.69) is 23.5 Å². The summed E-state index contributed by atoms with van der Waals surface area (Å²) >= 11 is 0. The van der Waals surface area contributed by atoms with Gasteiger partial charge in [0.15, 0.2) is 5.79 Å². The number of allylic oxidation sites excluding steroid dienone is 13. The molecule has 0 aromatic heterocycles. The van der Waals surface area contributed by atoms with Crippen LogP contribution in [0.5, 0.6) is 0 Å². The Balaban J connectivity index is 2.02. The number of cyclic esters (lactones) is 1. The first kappa shape index (κ1) is 65.9. The van der Waals surface area contributed by atoms with E-state index in [0.717, 1.165) is 0 Å². The van der Waals surface area contributed by atoms with Crippen LogP contribution in [-0.2, 0) is 38.0 Å². The molecule has 77 heavy (non-hydrogen) atoms. The molecule has 3 heterocycles. The van der Waals surface area contributed by atoms with Crippen molar-refractivity contribution in [3.05, 3.63) is 110 Å². The van der Waals surface area contributed by atoms with E-state index >= 15 is 0 Å². The summed E-state index contributed by atoms with van der Waals surface area (Å²) in [6.07, 6.45) is 7.29. The third-order valence-electron chi connectivity index (χ3n) is 13.5. The van der Waals surface area contributed by atoms with Gasteiger partial charge in [-0.25, -0.2) is 14.4 Å². The largest absolute Gasteiger partial charge is 0.508 e. The van der Waals surface area contributed by atoms with E-state index < -0.39 is 153 Å². The summed E-state index contributed by atoms with van der Waals surface area (Å²) in [4.78, 5) is 54.1. The Morgan fingerprint density at radius 3 is 1.95 bits per heavy atom. The number of isocyanates is 1. The molecule has 0 saturated carbocycles. The molecule has 3 rings (SSSR count). The number of rotatable bonds is 9. The molecular formula is C56H82N2O19. The van der Waals surface area contributed by atoms with E-state index in [1.165, 1.54) is 18.2 Å². The van der Waals surface area contributed by atoms with Crippen LogP contribution in [0.25, 0.3) is 0 Å². The van der Waals surface area contributed by atoms with Gasteiger partial charge in [-0.2, -0.15) is 4.99 Å². The van der Waals surface area contributed by atoms with Crippen LogP contribution in [-0.4, -0.2) is 181 Å². The lowest BCUT2D eigenvalue weighted by atomic mass is 9.82. The Kier molecular flexibility index (Phi) is 29.5. The number of amides is 1. The van der Waals surface area contributed by atoms with Gasteiger partial charge in [0.05, 0.1) is 67.4 Å². The van der Waals surface area contributed by atoms with Crippen molar-refractivity contribution in [1.82, 2.24) is 5.32 Å². The highest BCUT2D eigenvalue weighted by Gasteiger charge is 2.51. The molecule has 3 aliphatic heterocycles. The maximum Gasteiger partial charge on any atom is 0.508 e. The molecule has 2 bridgehead atoms. The molecular weight excluding hydrogens is 1000 g/mol. The van der Waals surface area contributed by atoms with E-state index in [-0.39, 0.29) is 51.2 Å². The lowest BCUT2D eigenvalue weighted by Gasteiger charge is -2.46. The smallest absolute Gasteiger partial charge is 0.462 e. The van der Waals surface area contributed by atoms with E-state index in [1.54, 1.807) is 87.6 Å². The van der Waals surface area contributed by atoms with Gasteiger partial charge in [0.1, 0.15) is 43.7 Å². The summed E-state index contributed by atoms with van der Waals surface area (Å²) in [6.45, 7) is 13.4. The fourth-order valence-corrected chi connectivity index (χ4v) is 9.19. The van der Waals surface area contributed by atoms with E-state index in [9.17, 15) is 65.1 Å². The lowest BCUT2D eigenvalue weighted by molar-refractivity contribution is -0.290. The van der Waals surface area contributed by atoms with E-state index in [0.29, 0.717) is 0 Å². The van der Waals surface area contributed by atoms with Crippen LogP contribution in [0.1, 0.15) is 85.5 Å². The fraction of sp³-hybridized carbons (Fsp3) is 0.607. The predicted octanol–water partition coefficient (Wildman–Crippen LogP) is 3.68. The number of aliphatic hydroxyl groups excluding tert-OH is 8. The molecule has 0 aromatic rings. The molecule has 1 amide bonds. The number of carbonyl (C=O) groups excluding carboxylic acids is 4. The number of aliphatic imine (C=N–C) groups is 1. The Labute approximate surface area is 451 Å². The molecule has 0 unspecified atom stereocenters. The van der Waals surface area contributed by atoms with Gasteiger partial charge < -0.3 is 79.7 Å². The summed E-state index contributed by atoms with van der Waals surface area (Å²) in [5, 5.41) is 103. The second-order valence-corrected chi connectivity index (χ2v) is 19.8. The van der Waals surface area contributed by atoms with Crippen LogP contribution < -0.4 is 5.32 Å². The molecule has 0 radical (unpaired) electrons. The van der Waals surface area contributed by atoms with Crippen molar-refractivity contribution in [1.29, 1.82) is 0 Å². The summed E-state index contributed by atoms with van der Waals surface area (Å²) in [5.41, 5.74) is 0. The first-order chi connectivity index (χ1) is 36.6. The number of hydrogen-bond donors (Lipinski definition) is 10. The number of ether oxygens (including phenoxy) is 6. The quantitative estimate of drug-likeness (QED) is 0.0518. The number of nitrogens with one attached hydrogen (secondary N) is 1. The van der Waals surface area contributed by atoms with Gasteiger partial charge in [0, 0.05) is 31.1 Å². The molecule has 10 N–H and O–H groups in total. The monoisotopic (exact) mass is 1090 g/mol. The van der Waals surface area contributed by atoms with Crippen molar-refractivity contribution in [2.24, 2.45) is 22.7 Å². The number of aliphatic hydroxyl groups is 9. The predicted molar refractivity (Wildman–Crippen MR) is 282 cm³/mol. The second-order valence-electron chi connectivity index (χ2n) is 19.8. The molecule has 21 heteroatoms. The standard InChI is InChI=1S/C56H82N2O19/c1-7-25-72-54(69)58-50-52(67)38(6)74-46(53(50)68)28-39-22-20-18-16-14-12-10-9-11-13-15-17-19-21-35(3)51(66)36(4)37(5)75-48(65)31-41(61)29-40(60)23-24-43(63)44(64)30-42(62)32-56(71)33-47(76-55(70)73-26-8-2)49(57-34-59)45(27-39)77-56/h7-22,35-47,49-53,60-64,66-68,71H,1-2,23-33H2,3-6H3,(H,58,69)/b10-9+,13-11+,14-12+,17-15+,18-16+,21-19+,22-20+/t35-,36-,37-,38+,39-,40+,41+,42-,43+,44+,45-,46-,47-,49-,50-,51+,52+,53+,56+/m0/s1. The normalized spacial score (nSPS) is 39.7.